The first-order chi connectivity index (χ1) is 14.3. The number of hydrogen-bond acceptors (Lipinski definition) is 4. The van der Waals surface area contributed by atoms with Gasteiger partial charge in [0.25, 0.3) is 0 Å². The van der Waals surface area contributed by atoms with Gasteiger partial charge < -0.3 is 9.73 Å². The van der Waals surface area contributed by atoms with Gasteiger partial charge in [-0.25, -0.2) is 4.79 Å². The number of hydrogen-bond donors (Lipinski definition) is 1. The lowest BCUT2D eigenvalue weighted by Crippen LogP contribution is -2.38. The Hall–Kier alpha value is -2.30. The molecule has 158 valence electrons. The number of likely N-dealkylation sites (tertiary alicyclic amines) is 1. The third-order valence-electron chi connectivity index (χ3n) is 6.43. The van der Waals surface area contributed by atoms with Gasteiger partial charge in [0.05, 0.1) is 5.69 Å². The molecule has 1 aliphatic heterocycles. The van der Waals surface area contributed by atoms with Crippen LogP contribution in [0.1, 0.15) is 42.4 Å². The fourth-order valence-corrected chi connectivity index (χ4v) is 4.86. The Bertz CT molecular complexity index is 1060. The van der Waals surface area contributed by atoms with Crippen molar-refractivity contribution >= 4 is 29.1 Å². The molecule has 0 bridgehead atoms. The van der Waals surface area contributed by atoms with E-state index in [0.29, 0.717) is 6.04 Å². The van der Waals surface area contributed by atoms with Gasteiger partial charge >= 0.3 is 5.63 Å². The molecule has 0 radical (unpaired) electrons. The molecule has 1 aromatic heterocycles. The quantitative estimate of drug-likeness (QED) is 0.587. The van der Waals surface area contributed by atoms with Crippen molar-refractivity contribution in [3.05, 3.63) is 75.6 Å². The van der Waals surface area contributed by atoms with E-state index >= 15 is 0 Å². The molecule has 4 nitrogen and oxygen atoms in total. The van der Waals surface area contributed by atoms with Crippen molar-refractivity contribution in [1.82, 2.24) is 4.90 Å². The second kappa shape index (κ2) is 9.23. The Morgan fingerprint density at radius 2 is 1.77 bits per heavy atom. The number of aryl methyl sites for hydroxylation is 2. The number of nitrogens with one attached hydrogen (secondary N) is 1. The van der Waals surface area contributed by atoms with E-state index in [1.165, 1.54) is 29.5 Å². The van der Waals surface area contributed by atoms with Crippen LogP contribution in [0.4, 0.5) is 5.69 Å². The molecule has 1 N–H and O–H groups in total. The van der Waals surface area contributed by atoms with Gasteiger partial charge in [-0.15, -0.1) is 12.4 Å². The maximum Gasteiger partial charge on any atom is 0.338 e. The Labute approximate surface area is 183 Å². The number of rotatable bonds is 4. The lowest BCUT2D eigenvalue weighted by atomic mass is 9.90. The summed E-state index contributed by atoms with van der Waals surface area (Å²) in [6, 6.07) is 17.1. The minimum atomic E-state index is -0.250. The maximum absolute atomic E-state index is 12.3. The van der Waals surface area contributed by atoms with E-state index in [1.807, 2.05) is 0 Å². The molecular formula is C25H29ClN2O2. The predicted molar refractivity (Wildman–Crippen MR) is 125 cm³/mol. The van der Waals surface area contributed by atoms with Gasteiger partial charge in [-0.1, -0.05) is 36.4 Å². The number of fused-ring (bicyclic) bond motifs is 3. The van der Waals surface area contributed by atoms with Crippen LogP contribution in [-0.2, 0) is 19.4 Å². The molecule has 1 aliphatic carbocycles. The molecule has 2 heterocycles. The van der Waals surface area contributed by atoms with Crippen molar-refractivity contribution in [2.75, 3.05) is 18.4 Å². The number of piperidine rings is 1. The smallest absolute Gasteiger partial charge is 0.338 e. The lowest BCUT2D eigenvalue weighted by molar-refractivity contribution is 0.211. The molecule has 0 atom stereocenters. The first-order valence-electron chi connectivity index (χ1n) is 10.9. The van der Waals surface area contributed by atoms with E-state index in [2.05, 4.69) is 52.7 Å². The average molecular weight is 425 g/mol. The van der Waals surface area contributed by atoms with Crippen molar-refractivity contribution in [3.8, 4) is 0 Å². The zero-order chi connectivity index (χ0) is 19.6. The maximum atomic E-state index is 12.3. The summed E-state index contributed by atoms with van der Waals surface area (Å²) >= 11 is 0. The molecule has 2 aromatic carbocycles. The van der Waals surface area contributed by atoms with Crippen molar-refractivity contribution in [1.29, 1.82) is 0 Å². The molecule has 3 aromatic rings. The monoisotopic (exact) mass is 424 g/mol. The van der Waals surface area contributed by atoms with Gasteiger partial charge in [0.1, 0.15) is 5.58 Å². The summed E-state index contributed by atoms with van der Waals surface area (Å²) in [6.07, 6.45) is 6.66. The fraction of sp³-hybridized carbons (Fsp3) is 0.400. The van der Waals surface area contributed by atoms with E-state index < -0.39 is 0 Å². The van der Waals surface area contributed by atoms with Crippen molar-refractivity contribution in [2.45, 2.75) is 51.1 Å². The molecule has 0 spiro atoms. The van der Waals surface area contributed by atoms with Crippen molar-refractivity contribution in [3.63, 3.8) is 0 Å². The fourth-order valence-electron chi connectivity index (χ4n) is 4.86. The second-order valence-electron chi connectivity index (χ2n) is 8.45. The molecule has 1 saturated heterocycles. The Morgan fingerprint density at radius 3 is 2.57 bits per heavy atom. The summed E-state index contributed by atoms with van der Waals surface area (Å²) in [5.74, 6) is 0. The third kappa shape index (κ3) is 4.40. The van der Waals surface area contributed by atoms with Gasteiger partial charge in [-0.05, 0) is 61.3 Å². The van der Waals surface area contributed by atoms with Gasteiger partial charge in [0, 0.05) is 37.1 Å². The highest BCUT2D eigenvalue weighted by atomic mass is 35.5. The lowest BCUT2D eigenvalue weighted by Gasteiger charge is -2.33. The van der Waals surface area contributed by atoms with Crippen LogP contribution in [0.15, 0.2) is 57.7 Å². The SMILES string of the molecule is Cl.O=c1cc(NC2CCN(Cc3ccccc3)CC2)c2ccc3c(c2o1)CCCC3. The molecule has 2 aliphatic rings. The Balaban J connectivity index is 0.00000218. The molecule has 0 unspecified atom stereocenters. The van der Waals surface area contributed by atoms with Gasteiger partial charge in [0.15, 0.2) is 0 Å². The highest BCUT2D eigenvalue weighted by Gasteiger charge is 2.21. The van der Waals surface area contributed by atoms with E-state index in [4.69, 9.17) is 4.42 Å². The minimum absolute atomic E-state index is 0. The highest BCUT2D eigenvalue weighted by molar-refractivity contribution is 5.92. The Kier molecular flexibility index (Phi) is 6.45. The standard InChI is InChI=1S/C25H28N2O2.ClH/c28-24-16-23(22-11-10-19-8-4-5-9-21(19)25(22)29-24)26-20-12-14-27(15-13-20)17-18-6-2-1-3-7-18;/h1-3,6-7,10-11,16,20,26H,4-5,8-9,12-15,17H2;1H. The highest BCUT2D eigenvalue weighted by Crippen LogP contribution is 2.32. The molecule has 5 rings (SSSR count). The van der Waals surface area contributed by atoms with Crippen molar-refractivity contribution < 1.29 is 4.42 Å². The van der Waals surface area contributed by atoms with Crippen LogP contribution in [0.3, 0.4) is 0 Å². The zero-order valence-electron chi connectivity index (χ0n) is 17.2. The summed E-state index contributed by atoms with van der Waals surface area (Å²) in [6.45, 7) is 3.15. The van der Waals surface area contributed by atoms with E-state index in [9.17, 15) is 4.79 Å². The number of nitrogens with zero attached hydrogens (tertiary/aromatic N) is 1. The molecule has 30 heavy (non-hydrogen) atoms. The average Bonchev–Trinajstić information content (AvgIpc) is 2.76. The van der Waals surface area contributed by atoms with Crippen LogP contribution in [0.25, 0.3) is 11.0 Å². The third-order valence-corrected chi connectivity index (χ3v) is 6.43. The minimum Gasteiger partial charge on any atom is -0.422 e. The normalized spacial score (nSPS) is 17.3. The Morgan fingerprint density at radius 1 is 1.00 bits per heavy atom. The van der Waals surface area contributed by atoms with Crippen LogP contribution in [-0.4, -0.2) is 24.0 Å². The van der Waals surface area contributed by atoms with Crippen LogP contribution >= 0.6 is 12.4 Å². The van der Waals surface area contributed by atoms with Gasteiger partial charge in [-0.3, -0.25) is 4.90 Å². The van der Waals surface area contributed by atoms with Crippen LogP contribution in [0.5, 0.6) is 0 Å². The number of halogens is 1. The number of benzene rings is 2. The first-order valence-corrected chi connectivity index (χ1v) is 10.9. The molecule has 0 amide bonds. The summed E-state index contributed by atoms with van der Waals surface area (Å²) in [7, 11) is 0. The summed E-state index contributed by atoms with van der Waals surface area (Å²) in [5.41, 5.74) is 5.45. The van der Waals surface area contributed by atoms with E-state index in [0.717, 1.165) is 62.0 Å². The number of anilines is 1. The van der Waals surface area contributed by atoms with Gasteiger partial charge in [0.2, 0.25) is 0 Å². The zero-order valence-corrected chi connectivity index (χ0v) is 18.0. The molecular weight excluding hydrogens is 396 g/mol. The molecule has 0 saturated carbocycles. The predicted octanol–water partition coefficient (Wildman–Crippen LogP) is 5.17. The van der Waals surface area contributed by atoms with Crippen molar-refractivity contribution in [2.24, 2.45) is 0 Å². The van der Waals surface area contributed by atoms with Gasteiger partial charge in [-0.2, -0.15) is 0 Å². The molecule has 5 heteroatoms. The second-order valence-corrected chi connectivity index (χ2v) is 8.45. The summed E-state index contributed by atoms with van der Waals surface area (Å²) in [5, 5.41) is 4.72. The summed E-state index contributed by atoms with van der Waals surface area (Å²) in [4.78, 5) is 14.8. The topological polar surface area (TPSA) is 45.5 Å². The van der Waals surface area contributed by atoms with Crippen LogP contribution in [0.2, 0.25) is 0 Å². The first kappa shape index (κ1) is 21.0. The largest absolute Gasteiger partial charge is 0.422 e. The van der Waals surface area contributed by atoms with E-state index in [1.54, 1.807) is 6.07 Å². The van der Waals surface area contributed by atoms with E-state index in [-0.39, 0.29) is 18.0 Å². The van der Waals surface area contributed by atoms with Crippen LogP contribution < -0.4 is 10.9 Å². The summed E-state index contributed by atoms with van der Waals surface area (Å²) < 4.78 is 5.67. The molecule has 1 fully saturated rings. The van der Waals surface area contributed by atoms with Crippen LogP contribution in [0, 0.1) is 0 Å².